The summed E-state index contributed by atoms with van der Waals surface area (Å²) in [5.41, 5.74) is 5.52. The average molecular weight is 276 g/mol. The fourth-order valence-corrected chi connectivity index (χ4v) is 3.03. The van der Waals surface area contributed by atoms with Crippen LogP contribution in [0.1, 0.15) is 29.0 Å². The molecular formula is C15H20N2OS. The van der Waals surface area contributed by atoms with Crippen LogP contribution < -0.4 is 16.0 Å². The maximum absolute atomic E-state index is 5.69. The van der Waals surface area contributed by atoms with Crippen molar-refractivity contribution < 1.29 is 4.74 Å². The van der Waals surface area contributed by atoms with E-state index in [9.17, 15) is 0 Å². The second-order valence-corrected chi connectivity index (χ2v) is 5.39. The van der Waals surface area contributed by atoms with Gasteiger partial charge in [0.1, 0.15) is 5.75 Å². The van der Waals surface area contributed by atoms with Crippen molar-refractivity contribution in [3.8, 4) is 5.75 Å². The van der Waals surface area contributed by atoms with Gasteiger partial charge in [0.05, 0.1) is 18.0 Å². The number of nitrogens with two attached hydrogens (primary N) is 1. The second kappa shape index (κ2) is 6.70. The quantitative estimate of drug-likeness (QED) is 0.629. The lowest BCUT2D eigenvalue weighted by molar-refractivity contribution is 0.403. The molecule has 0 amide bonds. The van der Waals surface area contributed by atoms with Gasteiger partial charge in [-0.2, -0.15) is 0 Å². The lowest BCUT2D eigenvalue weighted by Crippen LogP contribution is -2.29. The summed E-state index contributed by atoms with van der Waals surface area (Å²) in [6.45, 7) is 2.16. The molecule has 0 aliphatic rings. The van der Waals surface area contributed by atoms with Crippen LogP contribution in [0.15, 0.2) is 35.7 Å². The molecule has 0 bridgehead atoms. The minimum Gasteiger partial charge on any atom is -0.496 e. The summed E-state index contributed by atoms with van der Waals surface area (Å²) < 4.78 is 5.36. The Morgan fingerprint density at radius 2 is 1.89 bits per heavy atom. The summed E-state index contributed by atoms with van der Waals surface area (Å²) in [6, 6.07) is 10.8. The molecule has 1 aromatic carbocycles. The van der Waals surface area contributed by atoms with Crippen LogP contribution in [0, 0.1) is 0 Å². The van der Waals surface area contributed by atoms with Gasteiger partial charge in [-0.3, -0.25) is 11.3 Å². The predicted octanol–water partition coefficient (Wildman–Crippen LogP) is 3.07. The first kappa shape index (κ1) is 14.1. The van der Waals surface area contributed by atoms with Crippen LogP contribution in [0.4, 0.5) is 0 Å². The third kappa shape index (κ3) is 3.35. The van der Waals surface area contributed by atoms with E-state index < -0.39 is 0 Å². The lowest BCUT2D eigenvalue weighted by Gasteiger charge is -2.16. The van der Waals surface area contributed by atoms with Gasteiger partial charge in [-0.25, -0.2) is 0 Å². The van der Waals surface area contributed by atoms with Crippen LogP contribution in [0.3, 0.4) is 0 Å². The SMILES string of the molecule is CCc1ccc(CC(NN)c2sccc2OC)cc1. The van der Waals surface area contributed by atoms with Gasteiger partial charge in [-0.15, -0.1) is 11.3 Å². The molecule has 0 aliphatic heterocycles. The molecule has 0 aliphatic carbocycles. The van der Waals surface area contributed by atoms with Crippen LogP contribution >= 0.6 is 11.3 Å². The highest BCUT2D eigenvalue weighted by Gasteiger charge is 2.16. The van der Waals surface area contributed by atoms with Crippen molar-refractivity contribution in [1.29, 1.82) is 0 Å². The summed E-state index contributed by atoms with van der Waals surface area (Å²) in [6.07, 6.45) is 1.93. The van der Waals surface area contributed by atoms with Crippen LogP contribution in [-0.2, 0) is 12.8 Å². The fraction of sp³-hybridized carbons (Fsp3) is 0.333. The van der Waals surface area contributed by atoms with Crippen LogP contribution in [0.5, 0.6) is 5.75 Å². The molecule has 2 aromatic rings. The van der Waals surface area contributed by atoms with Gasteiger partial charge in [0.25, 0.3) is 0 Å². The minimum atomic E-state index is 0.0856. The maximum Gasteiger partial charge on any atom is 0.134 e. The zero-order valence-electron chi connectivity index (χ0n) is 11.3. The summed E-state index contributed by atoms with van der Waals surface area (Å²) >= 11 is 1.67. The monoisotopic (exact) mass is 276 g/mol. The Morgan fingerprint density at radius 3 is 2.47 bits per heavy atom. The van der Waals surface area contributed by atoms with E-state index in [1.807, 2.05) is 11.4 Å². The number of rotatable bonds is 6. The van der Waals surface area contributed by atoms with E-state index in [0.717, 1.165) is 23.5 Å². The molecule has 3 N–H and O–H groups in total. The van der Waals surface area contributed by atoms with Crippen LogP contribution in [-0.4, -0.2) is 7.11 Å². The van der Waals surface area contributed by atoms with Crippen molar-refractivity contribution in [1.82, 2.24) is 5.43 Å². The third-order valence-electron chi connectivity index (χ3n) is 3.27. The van der Waals surface area contributed by atoms with Gasteiger partial charge in [-0.05, 0) is 35.4 Å². The highest BCUT2D eigenvalue weighted by atomic mass is 32.1. The minimum absolute atomic E-state index is 0.0856. The molecule has 3 nitrogen and oxygen atoms in total. The van der Waals surface area contributed by atoms with Crippen molar-refractivity contribution in [3.63, 3.8) is 0 Å². The number of methoxy groups -OCH3 is 1. The fourth-order valence-electron chi connectivity index (χ4n) is 2.11. The van der Waals surface area contributed by atoms with Crippen molar-refractivity contribution >= 4 is 11.3 Å². The van der Waals surface area contributed by atoms with Gasteiger partial charge >= 0.3 is 0 Å². The maximum atomic E-state index is 5.69. The van der Waals surface area contributed by atoms with E-state index in [-0.39, 0.29) is 6.04 Å². The number of benzene rings is 1. The molecule has 19 heavy (non-hydrogen) atoms. The Balaban J connectivity index is 2.14. The standard InChI is InChI=1S/C15H20N2OS/c1-3-11-4-6-12(7-5-11)10-13(17-16)15-14(18-2)8-9-19-15/h4-9,13,17H,3,10,16H2,1-2H3. The molecule has 0 spiro atoms. The Labute approximate surface area is 118 Å². The van der Waals surface area contributed by atoms with Crippen molar-refractivity contribution in [2.75, 3.05) is 7.11 Å². The molecule has 1 atom stereocenters. The molecule has 4 heteroatoms. The smallest absolute Gasteiger partial charge is 0.134 e. The molecule has 0 radical (unpaired) electrons. The predicted molar refractivity (Wildman–Crippen MR) is 80.5 cm³/mol. The average Bonchev–Trinajstić information content (AvgIpc) is 2.93. The second-order valence-electron chi connectivity index (χ2n) is 4.45. The Bertz CT molecular complexity index is 507. The number of aryl methyl sites for hydroxylation is 1. The Hall–Kier alpha value is -1.36. The van der Waals surface area contributed by atoms with Gasteiger partial charge < -0.3 is 4.74 Å². The Kier molecular flexibility index (Phi) is 4.96. The van der Waals surface area contributed by atoms with Gasteiger partial charge in [0.15, 0.2) is 0 Å². The summed E-state index contributed by atoms with van der Waals surface area (Å²) in [7, 11) is 1.69. The first-order valence-electron chi connectivity index (χ1n) is 6.43. The number of ether oxygens (including phenoxy) is 1. The van der Waals surface area contributed by atoms with Crippen molar-refractivity contribution in [3.05, 3.63) is 51.7 Å². The van der Waals surface area contributed by atoms with E-state index >= 15 is 0 Å². The van der Waals surface area contributed by atoms with E-state index in [1.54, 1.807) is 18.4 Å². The summed E-state index contributed by atoms with van der Waals surface area (Å²) in [4.78, 5) is 1.14. The Morgan fingerprint density at radius 1 is 1.21 bits per heavy atom. The normalized spacial score (nSPS) is 12.4. The topological polar surface area (TPSA) is 47.3 Å². The number of thiophene rings is 1. The first-order chi connectivity index (χ1) is 9.28. The van der Waals surface area contributed by atoms with Crippen molar-refractivity contribution in [2.24, 2.45) is 5.84 Å². The van der Waals surface area contributed by atoms with E-state index in [1.165, 1.54) is 11.1 Å². The summed E-state index contributed by atoms with van der Waals surface area (Å²) in [5, 5.41) is 2.03. The molecule has 2 rings (SSSR count). The molecular weight excluding hydrogens is 256 g/mol. The molecule has 0 saturated carbocycles. The molecule has 0 saturated heterocycles. The van der Waals surface area contributed by atoms with Crippen LogP contribution in [0.25, 0.3) is 0 Å². The molecule has 1 unspecified atom stereocenters. The molecule has 1 heterocycles. The first-order valence-corrected chi connectivity index (χ1v) is 7.31. The van der Waals surface area contributed by atoms with Gasteiger partial charge in [-0.1, -0.05) is 31.2 Å². The third-order valence-corrected chi connectivity index (χ3v) is 4.28. The highest BCUT2D eigenvalue weighted by Crippen LogP contribution is 2.32. The lowest BCUT2D eigenvalue weighted by atomic mass is 10.0. The van der Waals surface area contributed by atoms with E-state index in [0.29, 0.717) is 0 Å². The van der Waals surface area contributed by atoms with Gasteiger partial charge in [0, 0.05) is 0 Å². The number of hydrogen-bond donors (Lipinski definition) is 2. The largest absolute Gasteiger partial charge is 0.496 e. The van der Waals surface area contributed by atoms with Gasteiger partial charge in [0.2, 0.25) is 0 Å². The van der Waals surface area contributed by atoms with E-state index in [2.05, 4.69) is 36.6 Å². The molecule has 1 aromatic heterocycles. The zero-order chi connectivity index (χ0) is 13.7. The number of nitrogens with one attached hydrogen (secondary N) is 1. The molecule has 102 valence electrons. The molecule has 0 fully saturated rings. The van der Waals surface area contributed by atoms with Crippen molar-refractivity contribution in [2.45, 2.75) is 25.8 Å². The highest BCUT2D eigenvalue weighted by molar-refractivity contribution is 7.10. The summed E-state index contributed by atoms with van der Waals surface area (Å²) in [5.74, 6) is 6.59. The van der Waals surface area contributed by atoms with E-state index in [4.69, 9.17) is 10.6 Å². The number of hydrogen-bond acceptors (Lipinski definition) is 4. The number of hydrazine groups is 1. The zero-order valence-corrected chi connectivity index (χ0v) is 12.2. The van der Waals surface area contributed by atoms with Crippen LogP contribution in [0.2, 0.25) is 0 Å².